The van der Waals surface area contributed by atoms with Crippen LogP contribution in [-0.2, 0) is 9.59 Å². The zero-order valence-electron chi connectivity index (χ0n) is 14.6. The zero-order chi connectivity index (χ0) is 19.0. The molecule has 0 aliphatic heterocycles. The fraction of sp³-hybridized carbons (Fsp3) is 0.333. The Morgan fingerprint density at radius 3 is 2.07 bits per heavy atom. The Morgan fingerprint density at radius 1 is 0.926 bits per heavy atom. The molecular formula is C21H19ClNO4-. The summed E-state index contributed by atoms with van der Waals surface area (Å²) < 4.78 is 5.72. The molecule has 2 fully saturated rings. The van der Waals surface area contributed by atoms with E-state index in [2.05, 4.69) is 5.32 Å². The standard InChI is InChI=1S/C21H20ClNO4/c22-14-3-7-16(8-4-14)27-17-9-5-15(6-10-17)23-20(24)18-12-1-2-13(11-12)19(18)21(25)26/h3-10,12-13,18-19H,1-2,11H2,(H,23,24)(H,25,26)/p-1/t12-,13+,18-,19+/m0/s1. The van der Waals surface area contributed by atoms with E-state index in [1.54, 1.807) is 48.5 Å². The number of halogens is 1. The lowest BCUT2D eigenvalue weighted by molar-refractivity contribution is -0.314. The van der Waals surface area contributed by atoms with E-state index in [0.717, 1.165) is 19.3 Å². The lowest BCUT2D eigenvalue weighted by Crippen LogP contribution is -2.43. The summed E-state index contributed by atoms with van der Waals surface area (Å²) in [6.45, 7) is 0. The number of rotatable bonds is 5. The molecular weight excluding hydrogens is 366 g/mol. The summed E-state index contributed by atoms with van der Waals surface area (Å²) in [5, 5.41) is 15.0. The van der Waals surface area contributed by atoms with Crippen LogP contribution in [0.3, 0.4) is 0 Å². The van der Waals surface area contributed by atoms with Gasteiger partial charge in [0.1, 0.15) is 11.5 Å². The number of carboxylic acid groups (broad SMARTS) is 1. The molecule has 4 atom stereocenters. The van der Waals surface area contributed by atoms with Crippen molar-refractivity contribution >= 4 is 29.2 Å². The number of hydrogen-bond acceptors (Lipinski definition) is 4. The van der Waals surface area contributed by atoms with Crippen LogP contribution in [0.4, 0.5) is 5.69 Å². The topological polar surface area (TPSA) is 78.5 Å². The molecule has 1 N–H and O–H groups in total. The van der Waals surface area contributed by atoms with Gasteiger partial charge in [-0.05, 0) is 79.6 Å². The monoisotopic (exact) mass is 384 g/mol. The Kier molecular flexibility index (Phi) is 4.79. The van der Waals surface area contributed by atoms with Crippen molar-refractivity contribution in [1.29, 1.82) is 0 Å². The molecule has 6 heteroatoms. The highest BCUT2D eigenvalue weighted by atomic mass is 35.5. The van der Waals surface area contributed by atoms with Gasteiger partial charge in [-0.2, -0.15) is 0 Å². The molecule has 0 spiro atoms. The quantitative estimate of drug-likeness (QED) is 0.855. The maximum absolute atomic E-state index is 12.7. The number of carbonyl (C=O) groups is 2. The van der Waals surface area contributed by atoms with Crippen molar-refractivity contribution in [2.24, 2.45) is 23.7 Å². The summed E-state index contributed by atoms with van der Waals surface area (Å²) in [5.74, 6) is -0.999. The molecule has 4 rings (SSSR count). The highest BCUT2D eigenvalue weighted by molar-refractivity contribution is 6.30. The van der Waals surface area contributed by atoms with Gasteiger partial charge in [0.2, 0.25) is 5.91 Å². The minimum Gasteiger partial charge on any atom is -0.550 e. The molecule has 0 unspecified atom stereocenters. The second-order valence-electron chi connectivity index (χ2n) is 7.27. The molecule has 0 radical (unpaired) electrons. The summed E-state index contributed by atoms with van der Waals surface area (Å²) in [6, 6.07) is 14.0. The number of ether oxygens (including phenoxy) is 1. The normalized spacial score (nSPS) is 26.0. The van der Waals surface area contributed by atoms with Gasteiger partial charge >= 0.3 is 0 Å². The third-order valence-electron chi connectivity index (χ3n) is 5.66. The Balaban J connectivity index is 1.41. The molecule has 0 aromatic heterocycles. The van der Waals surface area contributed by atoms with Gasteiger partial charge in [-0.25, -0.2) is 0 Å². The highest BCUT2D eigenvalue weighted by Crippen LogP contribution is 2.52. The Bertz CT molecular complexity index is 849. The fourth-order valence-corrected chi connectivity index (χ4v) is 4.60. The SMILES string of the molecule is O=C([O-])[C@@H]1[C@@H]2CC[C@@H](C2)[C@@H]1C(=O)Nc1ccc(Oc2ccc(Cl)cc2)cc1. The maximum Gasteiger partial charge on any atom is 0.228 e. The van der Waals surface area contributed by atoms with Crippen molar-refractivity contribution in [2.45, 2.75) is 19.3 Å². The van der Waals surface area contributed by atoms with Crippen molar-refractivity contribution in [2.75, 3.05) is 5.32 Å². The molecule has 140 valence electrons. The van der Waals surface area contributed by atoms with E-state index in [4.69, 9.17) is 16.3 Å². The van der Waals surface area contributed by atoms with Gasteiger partial charge in [-0.15, -0.1) is 0 Å². The molecule has 2 aromatic rings. The first-order valence-corrected chi connectivity index (χ1v) is 9.44. The first-order valence-electron chi connectivity index (χ1n) is 9.06. The van der Waals surface area contributed by atoms with Crippen molar-refractivity contribution in [3.8, 4) is 11.5 Å². The first-order chi connectivity index (χ1) is 13.0. The van der Waals surface area contributed by atoms with Crippen LogP contribution in [0.25, 0.3) is 0 Å². The average Bonchev–Trinajstić information content (AvgIpc) is 3.26. The third kappa shape index (κ3) is 3.65. The molecule has 5 nitrogen and oxygen atoms in total. The van der Waals surface area contributed by atoms with E-state index in [1.807, 2.05) is 0 Å². The number of anilines is 1. The predicted octanol–water partition coefficient (Wildman–Crippen LogP) is 3.48. The summed E-state index contributed by atoms with van der Waals surface area (Å²) >= 11 is 5.85. The number of benzene rings is 2. The van der Waals surface area contributed by atoms with E-state index in [0.29, 0.717) is 22.2 Å². The Labute approximate surface area is 162 Å². The predicted molar refractivity (Wildman–Crippen MR) is 99.4 cm³/mol. The van der Waals surface area contributed by atoms with E-state index in [-0.39, 0.29) is 17.7 Å². The van der Waals surface area contributed by atoms with Gasteiger partial charge in [-0.1, -0.05) is 11.6 Å². The number of carbonyl (C=O) groups excluding carboxylic acids is 2. The van der Waals surface area contributed by atoms with Gasteiger partial charge in [0, 0.05) is 28.5 Å². The smallest absolute Gasteiger partial charge is 0.228 e. The molecule has 2 aromatic carbocycles. The van der Waals surface area contributed by atoms with Crippen LogP contribution in [0.1, 0.15) is 19.3 Å². The molecule has 2 saturated carbocycles. The van der Waals surface area contributed by atoms with Crippen molar-refractivity contribution in [1.82, 2.24) is 0 Å². The zero-order valence-corrected chi connectivity index (χ0v) is 15.3. The van der Waals surface area contributed by atoms with Crippen LogP contribution in [0.15, 0.2) is 48.5 Å². The van der Waals surface area contributed by atoms with E-state index in [1.165, 1.54) is 0 Å². The average molecular weight is 385 g/mol. The largest absolute Gasteiger partial charge is 0.550 e. The Morgan fingerprint density at radius 2 is 1.48 bits per heavy atom. The number of hydrogen-bond donors (Lipinski definition) is 1. The van der Waals surface area contributed by atoms with Crippen LogP contribution in [0.5, 0.6) is 11.5 Å². The number of carboxylic acids is 1. The van der Waals surface area contributed by atoms with Crippen LogP contribution < -0.4 is 15.2 Å². The molecule has 2 bridgehead atoms. The molecule has 1 amide bonds. The number of fused-ring (bicyclic) bond motifs is 2. The van der Waals surface area contributed by atoms with Crippen molar-refractivity contribution in [3.63, 3.8) is 0 Å². The second kappa shape index (κ2) is 7.24. The molecule has 2 aliphatic rings. The molecule has 0 heterocycles. The van der Waals surface area contributed by atoms with Gasteiger partial charge in [-0.3, -0.25) is 4.79 Å². The van der Waals surface area contributed by atoms with Gasteiger partial charge < -0.3 is 20.0 Å². The number of amides is 1. The summed E-state index contributed by atoms with van der Waals surface area (Å²) in [5.41, 5.74) is 0.614. The maximum atomic E-state index is 12.7. The second-order valence-corrected chi connectivity index (χ2v) is 7.71. The van der Waals surface area contributed by atoms with Crippen molar-refractivity contribution in [3.05, 3.63) is 53.6 Å². The van der Waals surface area contributed by atoms with Gasteiger partial charge in [0.15, 0.2) is 0 Å². The van der Waals surface area contributed by atoms with Crippen molar-refractivity contribution < 1.29 is 19.4 Å². The minimum absolute atomic E-state index is 0.0749. The summed E-state index contributed by atoms with van der Waals surface area (Å²) in [7, 11) is 0. The van der Waals surface area contributed by atoms with Gasteiger partial charge in [0.05, 0.1) is 0 Å². The fourth-order valence-electron chi connectivity index (χ4n) is 4.48. The van der Waals surface area contributed by atoms with E-state index < -0.39 is 17.8 Å². The molecule has 0 saturated heterocycles. The van der Waals surface area contributed by atoms with E-state index >= 15 is 0 Å². The third-order valence-corrected chi connectivity index (χ3v) is 5.91. The first kappa shape index (κ1) is 17.9. The van der Waals surface area contributed by atoms with Crippen LogP contribution >= 0.6 is 11.6 Å². The van der Waals surface area contributed by atoms with E-state index in [9.17, 15) is 14.7 Å². The Hall–Kier alpha value is -2.53. The lowest BCUT2D eigenvalue weighted by atomic mass is 9.78. The minimum atomic E-state index is -1.10. The number of nitrogens with one attached hydrogen (secondary N) is 1. The number of aliphatic carboxylic acids is 1. The highest BCUT2D eigenvalue weighted by Gasteiger charge is 2.51. The van der Waals surface area contributed by atoms with Crippen LogP contribution in [-0.4, -0.2) is 11.9 Å². The van der Waals surface area contributed by atoms with Crippen LogP contribution in [0, 0.1) is 23.7 Å². The molecule has 27 heavy (non-hydrogen) atoms. The lowest BCUT2D eigenvalue weighted by Gasteiger charge is -2.30. The van der Waals surface area contributed by atoms with Crippen LogP contribution in [0.2, 0.25) is 5.02 Å². The summed E-state index contributed by atoms with van der Waals surface area (Å²) in [6.07, 6.45) is 2.61. The van der Waals surface area contributed by atoms with Gasteiger partial charge in [0.25, 0.3) is 0 Å². The summed E-state index contributed by atoms with van der Waals surface area (Å²) in [4.78, 5) is 24.2. The molecule has 2 aliphatic carbocycles.